The third kappa shape index (κ3) is 3.17. The van der Waals surface area contributed by atoms with Gasteiger partial charge >= 0.3 is 0 Å². The molecule has 0 atom stereocenters. The highest BCUT2D eigenvalue weighted by atomic mass is 35.6. The Hall–Kier alpha value is 1.95. The molecule has 0 amide bonds. The van der Waals surface area contributed by atoms with Crippen molar-refractivity contribution in [3.05, 3.63) is 0 Å². The lowest BCUT2D eigenvalue weighted by Gasteiger charge is -2.58. The van der Waals surface area contributed by atoms with Crippen molar-refractivity contribution in [3.8, 4) is 0 Å². The first-order chi connectivity index (χ1) is 7.00. The van der Waals surface area contributed by atoms with E-state index in [1.165, 1.54) is 0 Å². The fourth-order valence-electron chi connectivity index (χ4n) is 4.80. The van der Waals surface area contributed by atoms with Crippen molar-refractivity contribution in [2.75, 3.05) is 0 Å². The molecule has 0 bridgehead atoms. The van der Waals surface area contributed by atoms with Crippen LogP contribution < -0.4 is 0 Å². The zero-order valence-corrected chi connectivity index (χ0v) is 19.9. The van der Waals surface area contributed by atoms with Crippen LogP contribution in [0.1, 0.15) is 0 Å². The zero-order chi connectivity index (χ0) is 14.5. The summed E-state index contributed by atoms with van der Waals surface area (Å²) in [4.78, 5) is 0. The van der Waals surface area contributed by atoms with Gasteiger partial charge in [-0.1, -0.05) is 58.9 Å². The van der Waals surface area contributed by atoms with Crippen molar-refractivity contribution in [2.45, 2.75) is 58.9 Å². The summed E-state index contributed by atoms with van der Waals surface area (Å²) in [6, 6.07) is 0. The maximum atomic E-state index is 7.05. The van der Waals surface area contributed by atoms with E-state index < -0.39 is 34.4 Å². The molecule has 0 fully saturated rings. The number of hydrogen-bond donors (Lipinski definition) is 0. The van der Waals surface area contributed by atoms with E-state index in [1.807, 2.05) is 0 Å². The number of rotatable bonds is 4. The molecule has 0 radical (unpaired) electrons. The minimum Gasteiger partial charge on any atom is -0.172 e. The first kappa shape index (κ1) is 19.0. The highest BCUT2D eigenvalue weighted by Crippen LogP contribution is 2.47. The summed E-state index contributed by atoms with van der Waals surface area (Å²) < 4.78 is 0. The van der Waals surface area contributed by atoms with Crippen LogP contribution >= 0.6 is 33.2 Å². The van der Waals surface area contributed by atoms with Crippen molar-refractivity contribution in [2.24, 2.45) is 0 Å². The highest BCUT2D eigenvalue weighted by Gasteiger charge is 2.72. The van der Waals surface area contributed by atoms with Gasteiger partial charge in [0, 0.05) is 7.59 Å². The van der Waals surface area contributed by atoms with Crippen molar-refractivity contribution in [1.82, 2.24) is 0 Å². The minimum atomic E-state index is -1.81. The lowest BCUT2D eigenvalue weighted by Crippen LogP contribution is -2.90. The third-order valence-electron chi connectivity index (χ3n) is 3.80. The van der Waals surface area contributed by atoms with Crippen LogP contribution in [0.3, 0.4) is 0 Å². The van der Waals surface area contributed by atoms with Crippen LogP contribution in [0.25, 0.3) is 0 Å². The Morgan fingerprint density at radius 3 is 0.647 bits per heavy atom. The number of halogens is 3. The first-order valence-electron chi connectivity index (χ1n) is 6.07. The normalized spacial score (nSPS) is 16.2. The van der Waals surface area contributed by atoms with Gasteiger partial charge in [0.05, 0.1) is 6.14 Å². The van der Waals surface area contributed by atoms with Gasteiger partial charge in [0.15, 0.2) is 0 Å². The Bertz CT molecular complexity index is 217. The van der Waals surface area contributed by atoms with Gasteiger partial charge in [0.25, 0.3) is 0 Å². The first-order valence-corrected chi connectivity index (χ1v) is 27.6. The second kappa shape index (κ2) is 5.05. The van der Waals surface area contributed by atoms with Crippen LogP contribution in [0.5, 0.6) is 0 Å². The van der Waals surface area contributed by atoms with Crippen molar-refractivity contribution in [3.63, 3.8) is 0 Å². The molecule has 0 aliphatic rings. The van der Waals surface area contributed by atoms with E-state index in [0.29, 0.717) is 0 Å². The third-order valence-corrected chi connectivity index (χ3v) is 126. The molecule has 0 nitrogen and oxygen atoms in total. The maximum absolute atomic E-state index is 7.05. The number of hydrogen-bond acceptors (Lipinski definition) is 0. The molecule has 0 aliphatic carbocycles. The van der Waals surface area contributed by atoms with Gasteiger partial charge < -0.3 is 0 Å². The molecule has 0 saturated heterocycles. The SMILES string of the molecule is C[Si](C)(C)[Si]([Si](C)(C)Cl)([Si](C)(C)Cl)[Si](C)(C)Cl. The molecule has 17 heavy (non-hydrogen) atoms. The van der Waals surface area contributed by atoms with Gasteiger partial charge in [-0.2, -0.15) is 33.2 Å². The second-order valence-corrected chi connectivity index (χ2v) is 67.4. The quantitative estimate of drug-likeness (QED) is 0.450. The summed E-state index contributed by atoms with van der Waals surface area (Å²) in [7, 11) is -1.41. The summed E-state index contributed by atoms with van der Waals surface area (Å²) in [5, 5.41) is 0. The van der Waals surface area contributed by atoms with Crippen LogP contribution in [-0.2, 0) is 0 Å². The summed E-state index contributed by atoms with van der Waals surface area (Å²) in [5.74, 6) is 0. The van der Waals surface area contributed by atoms with E-state index in [2.05, 4.69) is 58.9 Å². The molecule has 0 spiro atoms. The Balaban J connectivity index is 6.37. The molecular formula is C9H27Cl3Si5. The van der Waals surface area contributed by atoms with Crippen LogP contribution in [-0.4, -0.2) is 34.4 Å². The van der Waals surface area contributed by atoms with E-state index in [0.717, 1.165) is 0 Å². The summed E-state index contributed by atoms with van der Waals surface area (Å²) >= 11 is 21.1. The summed E-state index contributed by atoms with van der Waals surface area (Å²) in [5.41, 5.74) is 0. The molecule has 0 unspecified atom stereocenters. The fourth-order valence-corrected chi connectivity index (χ4v) is 195. The lowest BCUT2D eigenvalue weighted by atomic mass is 11.8. The van der Waals surface area contributed by atoms with Gasteiger partial charge in [-0.25, -0.2) is 0 Å². The molecule has 104 valence electrons. The maximum Gasteiger partial charge on any atom is 0.137 e. The monoisotopic (exact) mass is 380 g/mol. The predicted octanol–water partition coefficient (Wildman–Crippen LogP) is 5.42. The highest BCUT2D eigenvalue weighted by molar-refractivity contribution is 8.17. The van der Waals surface area contributed by atoms with Crippen molar-refractivity contribution >= 4 is 67.7 Å². The minimum absolute atomic E-state index is 1.41. The average molecular weight is 382 g/mol. The zero-order valence-electron chi connectivity index (χ0n) is 12.6. The molecule has 0 saturated carbocycles. The molecule has 0 aromatic carbocycles. The Morgan fingerprint density at radius 2 is 0.647 bits per heavy atom. The van der Waals surface area contributed by atoms with E-state index in [4.69, 9.17) is 33.2 Å². The Morgan fingerprint density at radius 1 is 0.471 bits per heavy atom. The Kier molecular flexibility index (Phi) is 5.64. The van der Waals surface area contributed by atoms with Crippen molar-refractivity contribution < 1.29 is 0 Å². The van der Waals surface area contributed by atoms with E-state index in [-0.39, 0.29) is 0 Å². The van der Waals surface area contributed by atoms with Gasteiger partial charge in [0.2, 0.25) is 0 Å². The van der Waals surface area contributed by atoms with Gasteiger partial charge in [-0.15, -0.1) is 0 Å². The van der Waals surface area contributed by atoms with E-state index in [9.17, 15) is 0 Å². The predicted molar refractivity (Wildman–Crippen MR) is 99.1 cm³/mol. The summed E-state index contributed by atoms with van der Waals surface area (Å²) in [6.07, 6.45) is -1.75. The summed E-state index contributed by atoms with van der Waals surface area (Å²) in [6.45, 7) is 15.8. The van der Waals surface area contributed by atoms with E-state index >= 15 is 0 Å². The molecule has 0 heterocycles. The van der Waals surface area contributed by atoms with Crippen molar-refractivity contribution in [1.29, 1.82) is 0 Å². The topological polar surface area (TPSA) is 0 Å². The van der Waals surface area contributed by atoms with Crippen LogP contribution in [0.2, 0.25) is 58.9 Å². The second-order valence-electron chi connectivity index (χ2n) is 7.42. The lowest BCUT2D eigenvalue weighted by molar-refractivity contribution is 1.81. The smallest absolute Gasteiger partial charge is 0.137 e. The molecule has 0 aromatic heterocycles. The Labute approximate surface area is 126 Å². The molecular weight excluding hydrogens is 355 g/mol. The van der Waals surface area contributed by atoms with Crippen LogP contribution in [0.4, 0.5) is 0 Å². The average Bonchev–Trinajstić information content (AvgIpc) is 1.67. The fraction of sp³-hybridized carbons (Fsp3) is 1.00. The largest absolute Gasteiger partial charge is 0.172 e. The van der Waals surface area contributed by atoms with Gasteiger partial charge in [-0.05, 0) is 0 Å². The van der Waals surface area contributed by atoms with E-state index in [1.54, 1.807) is 0 Å². The molecule has 0 aliphatic heterocycles. The molecule has 0 aromatic rings. The molecule has 0 rings (SSSR count). The van der Waals surface area contributed by atoms with Crippen LogP contribution in [0.15, 0.2) is 0 Å². The van der Waals surface area contributed by atoms with Crippen LogP contribution in [0, 0.1) is 0 Å². The molecule has 0 N–H and O–H groups in total. The van der Waals surface area contributed by atoms with Gasteiger partial charge in [-0.3, -0.25) is 0 Å². The molecule has 8 heteroatoms. The standard InChI is InChI=1S/C9H27Cl3Si5/c1-13(2,3)17(14(4,5)10,15(6,7)11)16(8,9)12/h1-9H3. The van der Waals surface area contributed by atoms with Gasteiger partial charge in [0.1, 0.15) is 20.7 Å².